The number of ketones is 1. The monoisotopic (exact) mass is 381 g/mol. The van der Waals surface area contributed by atoms with Crippen molar-refractivity contribution in [2.75, 3.05) is 11.9 Å². The Bertz CT molecular complexity index is 765. The number of aryl methyl sites for hydroxylation is 1. The molecule has 2 aromatic rings. The summed E-state index contributed by atoms with van der Waals surface area (Å²) < 4.78 is 12.4. The second-order valence-corrected chi connectivity index (χ2v) is 8.46. The first kappa shape index (κ1) is 20.6. The number of nitrogens with one attached hydrogen (secondary N) is 1. The van der Waals surface area contributed by atoms with Crippen molar-refractivity contribution in [1.29, 1.82) is 0 Å². The van der Waals surface area contributed by atoms with E-state index in [4.69, 9.17) is 9.47 Å². The number of anilines is 1. The predicted octanol–water partition coefficient (Wildman–Crippen LogP) is 5.02. The van der Waals surface area contributed by atoms with E-state index in [1.54, 1.807) is 0 Å². The molecule has 1 fully saturated rings. The maximum Gasteiger partial charge on any atom is 0.187 e. The van der Waals surface area contributed by atoms with Crippen LogP contribution in [0.25, 0.3) is 0 Å². The fourth-order valence-electron chi connectivity index (χ4n) is 3.57. The zero-order valence-electron chi connectivity index (χ0n) is 17.3. The van der Waals surface area contributed by atoms with Gasteiger partial charge in [0.15, 0.2) is 5.78 Å². The lowest BCUT2D eigenvalue weighted by Crippen LogP contribution is -2.53. The van der Waals surface area contributed by atoms with Crippen molar-refractivity contribution >= 4 is 11.5 Å². The summed E-state index contributed by atoms with van der Waals surface area (Å²) in [4.78, 5) is 13.4. The van der Waals surface area contributed by atoms with Gasteiger partial charge in [-0.05, 0) is 52.7 Å². The Morgan fingerprint density at radius 1 is 1.11 bits per heavy atom. The van der Waals surface area contributed by atoms with E-state index < -0.39 is 6.04 Å². The summed E-state index contributed by atoms with van der Waals surface area (Å²) in [6.45, 7) is 8.82. The summed E-state index contributed by atoms with van der Waals surface area (Å²) in [5.74, 6) is 0.0237. The molecule has 0 spiro atoms. The Hall–Kier alpha value is -2.17. The van der Waals surface area contributed by atoms with Gasteiger partial charge in [0.05, 0.1) is 11.7 Å². The number of ether oxygens (including phenoxy) is 2. The minimum Gasteiger partial charge on any atom is -0.373 e. The van der Waals surface area contributed by atoms with Gasteiger partial charge in [-0.1, -0.05) is 48.0 Å². The highest BCUT2D eigenvalue weighted by Crippen LogP contribution is 2.28. The second kappa shape index (κ2) is 8.89. The Kier molecular flexibility index (Phi) is 6.53. The molecule has 3 unspecified atom stereocenters. The molecule has 0 aromatic heterocycles. The van der Waals surface area contributed by atoms with Crippen molar-refractivity contribution in [1.82, 2.24) is 0 Å². The average Bonchev–Trinajstić information content (AvgIpc) is 2.67. The lowest BCUT2D eigenvalue weighted by Gasteiger charge is -2.40. The smallest absolute Gasteiger partial charge is 0.187 e. The van der Waals surface area contributed by atoms with Gasteiger partial charge in [0, 0.05) is 17.9 Å². The van der Waals surface area contributed by atoms with E-state index >= 15 is 0 Å². The van der Waals surface area contributed by atoms with Gasteiger partial charge in [-0.15, -0.1) is 0 Å². The molecule has 0 aliphatic carbocycles. The van der Waals surface area contributed by atoms with Gasteiger partial charge in [-0.25, -0.2) is 0 Å². The molecule has 0 amide bonds. The first-order chi connectivity index (χ1) is 13.3. The molecule has 0 saturated carbocycles. The van der Waals surface area contributed by atoms with Crippen LogP contribution in [0.3, 0.4) is 0 Å². The number of carbonyl (C=O) groups excluding carboxylic acids is 1. The van der Waals surface area contributed by atoms with E-state index in [1.165, 1.54) is 5.56 Å². The van der Waals surface area contributed by atoms with Crippen LogP contribution in [0.1, 0.15) is 49.5 Å². The average molecular weight is 382 g/mol. The molecule has 1 heterocycles. The van der Waals surface area contributed by atoms with Gasteiger partial charge < -0.3 is 14.8 Å². The summed E-state index contributed by atoms with van der Waals surface area (Å²) in [7, 11) is 0. The molecule has 4 heteroatoms. The van der Waals surface area contributed by atoms with Gasteiger partial charge >= 0.3 is 0 Å². The standard InChI is InChI=1S/C24H31NO3/c1-17-12-14-19(15-13-17)25-21(22(26)18-9-6-5-7-10-18)23-20(11-8-16-27-23)28-24(2,3)4/h5-7,9-10,12-15,20-21,23,25H,8,11,16H2,1-4H3. The Morgan fingerprint density at radius 2 is 1.79 bits per heavy atom. The third kappa shape index (κ3) is 5.43. The highest BCUT2D eigenvalue weighted by atomic mass is 16.6. The second-order valence-electron chi connectivity index (χ2n) is 8.46. The number of hydrogen-bond donors (Lipinski definition) is 1. The first-order valence-electron chi connectivity index (χ1n) is 10.1. The summed E-state index contributed by atoms with van der Waals surface area (Å²) in [5.41, 5.74) is 2.46. The van der Waals surface area contributed by atoms with Gasteiger partial charge in [0.1, 0.15) is 12.1 Å². The highest BCUT2D eigenvalue weighted by Gasteiger charge is 2.39. The molecule has 28 heavy (non-hydrogen) atoms. The normalized spacial score (nSPS) is 21.1. The largest absolute Gasteiger partial charge is 0.373 e. The number of carbonyl (C=O) groups is 1. The first-order valence-corrected chi connectivity index (χ1v) is 10.1. The summed E-state index contributed by atoms with van der Waals surface area (Å²) >= 11 is 0. The van der Waals surface area contributed by atoms with Crippen LogP contribution in [0.15, 0.2) is 54.6 Å². The maximum absolute atomic E-state index is 13.4. The number of hydrogen-bond acceptors (Lipinski definition) is 4. The van der Waals surface area contributed by atoms with Gasteiger partial charge in [0.2, 0.25) is 0 Å². The molecule has 3 rings (SSSR count). The van der Waals surface area contributed by atoms with Crippen molar-refractivity contribution in [2.24, 2.45) is 0 Å². The highest BCUT2D eigenvalue weighted by molar-refractivity contribution is 6.02. The van der Waals surface area contributed by atoms with E-state index in [9.17, 15) is 4.79 Å². The molecule has 1 N–H and O–H groups in total. The van der Waals surface area contributed by atoms with Gasteiger partial charge in [0.25, 0.3) is 0 Å². The molecule has 150 valence electrons. The fraction of sp³-hybridized carbons (Fsp3) is 0.458. The minimum absolute atomic E-state index is 0.0237. The molecule has 1 aliphatic heterocycles. The van der Waals surface area contributed by atoms with Crippen LogP contribution >= 0.6 is 0 Å². The van der Waals surface area contributed by atoms with Crippen molar-refractivity contribution in [3.63, 3.8) is 0 Å². The van der Waals surface area contributed by atoms with Crippen LogP contribution in [0.4, 0.5) is 5.69 Å². The van der Waals surface area contributed by atoms with Crippen LogP contribution in [0.5, 0.6) is 0 Å². The van der Waals surface area contributed by atoms with E-state index in [0.29, 0.717) is 12.2 Å². The van der Waals surface area contributed by atoms with Crippen LogP contribution in [-0.2, 0) is 9.47 Å². The molecule has 3 atom stereocenters. The lowest BCUT2D eigenvalue weighted by molar-refractivity contribution is -0.153. The van der Waals surface area contributed by atoms with Crippen LogP contribution in [0.2, 0.25) is 0 Å². The van der Waals surface area contributed by atoms with E-state index in [2.05, 4.69) is 5.32 Å². The van der Waals surface area contributed by atoms with E-state index in [0.717, 1.165) is 18.5 Å². The third-order valence-corrected chi connectivity index (χ3v) is 4.86. The van der Waals surface area contributed by atoms with Crippen molar-refractivity contribution < 1.29 is 14.3 Å². The Balaban J connectivity index is 1.91. The summed E-state index contributed by atoms with van der Waals surface area (Å²) in [6.07, 6.45) is 1.34. The molecule has 1 aliphatic rings. The maximum atomic E-state index is 13.4. The van der Waals surface area contributed by atoms with Crippen molar-refractivity contribution in [3.8, 4) is 0 Å². The number of benzene rings is 2. The van der Waals surface area contributed by atoms with Crippen molar-refractivity contribution in [3.05, 3.63) is 65.7 Å². The topological polar surface area (TPSA) is 47.6 Å². The van der Waals surface area contributed by atoms with Crippen molar-refractivity contribution in [2.45, 2.75) is 64.4 Å². The lowest BCUT2D eigenvalue weighted by atomic mass is 9.91. The van der Waals surface area contributed by atoms with Crippen LogP contribution < -0.4 is 5.32 Å². The minimum atomic E-state index is -0.516. The molecule has 0 bridgehead atoms. The quantitative estimate of drug-likeness (QED) is 0.714. The van der Waals surface area contributed by atoms with E-state index in [-0.39, 0.29) is 23.6 Å². The molecule has 2 aromatic carbocycles. The molecule has 4 nitrogen and oxygen atoms in total. The van der Waals surface area contributed by atoms with E-state index in [1.807, 2.05) is 82.3 Å². The summed E-state index contributed by atoms with van der Waals surface area (Å²) in [6, 6.07) is 17.0. The van der Waals surface area contributed by atoms with Gasteiger partial charge in [-0.2, -0.15) is 0 Å². The number of rotatable bonds is 6. The third-order valence-electron chi connectivity index (χ3n) is 4.86. The zero-order chi connectivity index (χ0) is 20.1. The van der Waals surface area contributed by atoms with Crippen LogP contribution in [0, 0.1) is 6.92 Å². The molecular weight excluding hydrogens is 350 g/mol. The van der Waals surface area contributed by atoms with Crippen LogP contribution in [-0.4, -0.2) is 36.2 Å². The zero-order valence-corrected chi connectivity index (χ0v) is 17.3. The number of Topliss-reactive ketones (excluding diaryl/α,β-unsaturated/α-hetero) is 1. The predicted molar refractivity (Wildman–Crippen MR) is 113 cm³/mol. The summed E-state index contributed by atoms with van der Waals surface area (Å²) in [5, 5.41) is 3.44. The Labute approximate surface area is 168 Å². The Morgan fingerprint density at radius 3 is 2.43 bits per heavy atom. The SMILES string of the molecule is Cc1ccc(NC(C(=O)c2ccccc2)C2OCCCC2OC(C)(C)C)cc1. The van der Waals surface area contributed by atoms with Gasteiger partial charge in [-0.3, -0.25) is 4.79 Å². The fourth-order valence-corrected chi connectivity index (χ4v) is 3.57. The molecule has 1 saturated heterocycles. The molecule has 0 radical (unpaired) electrons. The molecular formula is C24H31NO3.